The van der Waals surface area contributed by atoms with E-state index in [4.69, 9.17) is 51.4 Å². The number of halogens is 3. The zero-order valence-electron chi connectivity index (χ0n) is 24.1. The number of imidazole rings is 1. The quantitative estimate of drug-likeness (QED) is 0.0620. The van der Waals surface area contributed by atoms with Crippen LogP contribution in [0.2, 0.25) is 10.2 Å². The first-order chi connectivity index (χ1) is 20.6. The highest BCUT2D eigenvalue weighted by Crippen LogP contribution is 2.43. The highest BCUT2D eigenvalue weighted by Gasteiger charge is 2.35. The molecule has 2 aromatic carbocycles. The molecule has 1 aromatic heterocycles. The van der Waals surface area contributed by atoms with Crippen LogP contribution in [-0.2, 0) is 16.0 Å². The summed E-state index contributed by atoms with van der Waals surface area (Å²) < 4.78 is 0. The average molecular weight is 643 g/mol. The molecule has 2 atom stereocenters. The molecule has 1 aliphatic rings. The van der Waals surface area contributed by atoms with Crippen molar-refractivity contribution >= 4 is 64.3 Å². The molecular weight excluding hydrogens is 609 g/mol. The molecule has 43 heavy (non-hydrogen) atoms. The molecule has 6 N–H and O–H groups in total. The van der Waals surface area contributed by atoms with E-state index < -0.39 is 0 Å². The van der Waals surface area contributed by atoms with Gasteiger partial charge >= 0.3 is 0 Å². The fraction of sp³-hybridized carbons (Fsp3) is 0.258. The van der Waals surface area contributed by atoms with Crippen molar-refractivity contribution in [2.45, 2.75) is 32.2 Å². The first kappa shape index (κ1) is 32.2. The molecule has 4 rings (SSSR count). The second-order valence-corrected chi connectivity index (χ2v) is 11.5. The van der Waals surface area contributed by atoms with Crippen LogP contribution in [0.15, 0.2) is 65.6 Å². The number of nitrogens with one attached hydrogen (secondary N) is 2. The van der Waals surface area contributed by atoms with E-state index in [2.05, 4.69) is 22.1 Å². The van der Waals surface area contributed by atoms with Gasteiger partial charge in [0.1, 0.15) is 34.4 Å². The van der Waals surface area contributed by atoms with Crippen LogP contribution in [0.3, 0.4) is 0 Å². The summed E-state index contributed by atoms with van der Waals surface area (Å²) in [5.41, 5.74) is 11.9. The monoisotopic (exact) mass is 641 g/mol. The summed E-state index contributed by atoms with van der Waals surface area (Å²) in [6.07, 6.45) is 8.24. The minimum atomic E-state index is -0.0973. The number of allylic oxidation sites excluding steroid dienone is 4. The Kier molecular flexibility index (Phi) is 10.6. The van der Waals surface area contributed by atoms with Crippen molar-refractivity contribution < 1.29 is 9.59 Å². The number of hydrogen-bond acceptors (Lipinski definition) is 8. The van der Waals surface area contributed by atoms with E-state index in [0.29, 0.717) is 45.5 Å². The molecule has 1 unspecified atom stereocenters. The summed E-state index contributed by atoms with van der Waals surface area (Å²) in [6.45, 7) is 2.12. The number of H-pyrrole nitrogens is 1. The Hall–Kier alpha value is -3.76. The molecule has 9 nitrogen and oxygen atoms in total. The first-order valence-corrected chi connectivity index (χ1v) is 14.8. The maximum Gasteiger partial charge on any atom is 0.143 e. The Balaban J connectivity index is 1.69. The maximum atomic E-state index is 11.8. The molecule has 0 bridgehead atoms. The van der Waals surface area contributed by atoms with Crippen molar-refractivity contribution in [1.29, 1.82) is 0 Å². The highest BCUT2D eigenvalue weighted by molar-refractivity contribution is 6.32. The van der Waals surface area contributed by atoms with Crippen molar-refractivity contribution in [2.24, 2.45) is 17.5 Å². The minimum absolute atomic E-state index is 0.00120. The van der Waals surface area contributed by atoms with E-state index in [-0.39, 0.29) is 17.1 Å². The summed E-state index contributed by atoms with van der Waals surface area (Å²) in [4.78, 5) is 33.1. The van der Waals surface area contributed by atoms with Crippen molar-refractivity contribution in [3.05, 3.63) is 92.7 Å². The van der Waals surface area contributed by atoms with Crippen molar-refractivity contribution in [2.75, 3.05) is 24.4 Å². The minimum Gasteiger partial charge on any atom is -0.388 e. The Morgan fingerprint density at radius 3 is 2.67 bits per heavy atom. The molecule has 1 aliphatic heterocycles. The number of likely N-dealkylation sites (tertiary alicyclic amines) is 1. The molecule has 3 aromatic rings. The Labute approximate surface area is 266 Å². The van der Waals surface area contributed by atoms with Gasteiger partial charge in [0.2, 0.25) is 0 Å². The summed E-state index contributed by atoms with van der Waals surface area (Å²) in [5.74, 6) is 7.06. The number of nitrogens with zero attached hydrogens (tertiary/aromatic N) is 3. The number of aromatic amines is 1. The number of carbonyl (C=O) groups is 2. The second-order valence-electron chi connectivity index (χ2n) is 10.3. The van der Waals surface area contributed by atoms with Gasteiger partial charge in [0.05, 0.1) is 17.9 Å². The highest BCUT2D eigenvalue weighted by atomic mass is 35.5. The van der Waals surface area contributed by atoms with Crippen LogP contribution in [0.1, 0.15) is 42.8 Å². The number of anilines is 2. The third kappa shape index (κ3) is 7.25. The third-order valence-corrected chi connectivity index (χ3v) is 8.10. The maximum absolute atomic E-state index is 11.8. The SMILES string of the molecule is CNc1ccc(-c2nc(C3C[C@@H](C)/C(=C/C(=C\C=O)c4cc(Cl)ccc4N(N)/C=C(\N)Cl)N3C)[nH]c2Cl)cc1CCC=O. The molecule has 1 saturated heterocycles. The van der Waals surface area contributed by atoms with Gasteiger partial charge < -0.3 is 25.7 Å². The number of aldehydes is 2. The predicted octanol–water partition coefficient (Wildman–Crippen LogP) is 6.41. The Morgan fingerprint density at radius 2 is 2.00 bits per heavy atom. The normalized spacial score (nSPS) is 18.3. The van der Waals surface area contributed by atoms with Crippen LogP contribution < -0.4 is 21.9 Å². The van der Waals surface area contributed by atoms with Gasteiger partial charge in [-0.15, -0.1) is 0 Å². The number of rotatable bonds is 11. The van der Waals surface area contributed by atoms with Crippen molar-refractivity contribution in [1.82, 2.24) is 14.9 Å². The Bertz CT molecular complexity index is 1590. The van der Waals surface area contributed by atoms with Gasteiger partial charge in [0.25, 0.3) is 0 Å². The van der Waals surface area contributed by atoms with Crippen LogP contribution in [0.5, 0.6) is 0 Å². The van der Waals surface area contributed by atoms with Gasteiger partial charge in [0.15, 0.2) is 0 Å². The molecule has 1 fully saturated rings. The third-order valence-electron chi connectivity index (χ3n) is 7.49. The lowest BCUT2D eigenvalue weighted by atomic mass is 9.98. The largest absolute Gasteiger partial charge is 0.388 e. The van der Waals surface area contributed by atoms with E-state index in [0.717, 1.165) is 47.3 Å². The zero-order valence-corrected chi connectivity index (χ0v) is 26.3. The van der Waals surface area contributed by atoms with E-state index in [1.54, 1.807) is 18.2 Å². The van der Waals surface area contributed by atoms with Crippen LogP contribution >= 0.6 is 34.8 Å². The van der Waals surface area contributed by atoms with E-state index >= 15 is 0 Å². The molecule has 0 aliphatic carbocycles. The summed E-state index contributed by atoms with van der Waals surface area (Å²) in [6, 6.07) is 11.0. The van der Waals surface area contributed by atoms with Gasteiger partial charge in [-0.1, -0.05) is 47.8 Å². The van der Waals surface area contributed by atoms with Crippen LogP contribution in [-0.4, -0.2) is 41.5 Å². The molecule has 0 radical (unpaired) electrons. The van der Waals surface area contributed by atoms with E-state index in [9.17, 15) is 9.59 Å². The number of carbonyl (C=O) groups excluding carboxylic acids is 2. The van der Waals surface area contributed by atoms with Crippen LogP contribution in [0.25, 0.3) is 16.8 Å². The summed E-state index contributed by atoms with van der Waals surface area (Å²) >= 11 is 18.9. The first-order valence-electron chi connectivity index (χ1n) is 13.6. The average Bonchev–Trinajstić information content (AvgIpc) is 3.49. The molecule has 12 heteroatoms. The standard InChI is InChI=1S/C31H34Cl3N7O2/c1-18-13-27(31-38-29(30(34)39-31)21-6-8-24(37-2)20(14-21)5-4-11-42)40(3)26(18)15-19(10-12-43)23-16-22(32)7-9-25(23)41(36)17-28(33)35/h6-12,14-18,27,37H,4-5,13,35-36H2,1-3H3,(H,38,39)/b19-10+,26-15-,28-17-/t18-,27?/m1/s1. The lowest BCUT2D eigenvalue weighted by Gasteiger charge is -2.23. The predicted molar refractivity (Wildman–Crippen MR) is 176 cm³/mol. The topological polar surface area (TPSA) is 133 Å². The van der Waals surface area contributed by atoms with Gasteiger partial charge in [-0.3, -0.25) is 9.80 Å². The molecule has 0 spiro atoms. The number of hydrogen-bond donors (Lipinski definition) is 4. The fourth-order valence-corrected chi connectivity index (χ4v) is 5.95. The zero-order chi connectivity index (χ0) is 31.3. The van der Waals surface area contributed by atoms with Crippen molar-refractivity contribution in [3.8, 4) is 11.3 Å². The molecule has 0 amide bonds. The number of aryl methyl sites for hydroxylation is 1. The summed E-state index contributed by atoms with van der Waals surface area (Å²) in [7, 11) is 3.84. The van der Waals surface area contributed by atoms with E-state index in [1.807, 2.05) is 38.4 Å². The van der Waals surface area contributed by atoms with E-state index in [1.165, 1.54) is 17.3 Å². The number of benzene rings is 2. The molecule has 2 heterocycles. The lowest BCUT2D eigenvalue weighted by Crippen LogP contribution is -2.26. The smallest absolute Gasteiger partial charge is 0.143 e. The van der Waals surface area contributed by atoms with Gasteiger partial charge in [-0.25, -0.2) is 10.8 Å². The van der Waals surface area contributed by atoms with Crippen LogP contribution in [0, 0.1) is 5.92 Å². The number of hydrazine groups is 1. The number of nitrogens with two attached hydrogens (primary N) is 2. The van der Waals surface area contributed by atoms with Gasteiger partial charge in [-0.2, -0.15) is 0 Å². The fourth-order valence-electron chi connectivity index (χ4n) is 5.42. The Morgan fingerprint density at radius 1 is 1.23 bits per heavy atom. The molecule has 0 saturated carbocycles. The summed E-state index contributed by atoms with van der Waals surface area (Å²) in [5, 5.41) is 5.38. The molecular formula is C31H34Cl3N7O2. The van der Waals surface area contributed by atoms with Gasteiger partial charge in [-0.05, 0) is 72.4 Å². The lowest BCUT2D eigenvalue weighted by molar-refractivity contribution is -0.107. The number of aromatic nitrogens is 2. The van der Waals surface area contributed by atoms with Crippen molar-refractivity contribution in [3.63, 3.8) is 0 Å². The van der Waals surface area contributed by atoms with Gasteiger partial charge in [0, 0.05) is 48.1 Å². The second kappa shape index (κ2) is 14.1. The van der Waals surface area contributed by atoms with Crippen LogP contribution in [0.4, 0.5) is 11.4 Å². The molecule has 226 valence electrons.